The van der Waals surface area contributed by atoms with Gasteiger partial charge in [-0.15, -0.1) is 0 Å². The third-order valence-corrected chi connectivity index (χ3v) is 3.06. The quantitative estimate of drug-likeness (QED) is 0.601. The first kappa shape index (κ1) is 13.3. The molecule has 1 aliphatic heterocycles. The average Bonchev–Trinajstić information content (AvgIpc) is 2.36. The normalized spacial score (nSPS) is 22.9. The first-order valence-electron chi connectivity index (χ1n) is 6.10. The second-order valence-electron chi connectivity index (χ2n) is 4.73. The predicted molar refractivity (Wildman–Crippen MR) is 70.0 cm³/mol. The molecular weight excluding hydrogens is 246 g/mol. The van der Waals surface area contributed by atoms with Gasteiger partial charge in [0, 0.05) is 19.2 Å². The Labute approximate surface area is 111 Å². The molecule has 1 saturated heterocycles. The molecule has 0 bridgehead atoms. The van der Waals surface area contributed by atoms with E-state index in [9.17, 15) is 10.1 Å². The van der Waals surface area contributed by atoms with Crippen molar-refractivity contribution in [2.45, 2.75) is 26.1 Å². The minimum Gasteiger partial charge on any atom is -0.372 e. The van der Waals surface area contributed by atoms with Crippen LogP contribution >= 0.6 is 0 Å². The molecule has 0 saturated carbocycles. The van der Waals surface area contributed by atoms with Crippen molar-refractivity contribution in [2.24, 2.45) is 0 Å². The molecule has 1 aliphatic rings. The van der Waals surface area contributed by atoms with E-state index in [0.717, 1.165) is 0 Å². The number of hydrogen-bond donors (Lipinski definition) is 0. The van der Waals surface area contributed by atoms with Gasteiger partial charge in [-0.1, -0.05) is 0 Å². The van der Waals surface area contributed by atoms with Crippen LogP contribution in [0.25, 0.3) is 0 Å². The zero-order valence-electron chi connectivity index (χ0n) is 10.9. The Morgan fingerprint density at radius 2 is 2.05 bits per heavy atom. The van der Waals surface area contributed by atoms with Gasteiger partial charge < -0.3 is 9.64 Å². The molecule has 0 radical (unpaired) electrons. The van der Waals surface area contributed by atoms with E-state index in [4.69, 9.17) is 10.00 Å². The molecule has 0 N–H and O–H groups in total. The molecule has 1 aromatic rings. The van der Waals surface area contributed by atoms with Crippen molar-refractivity contribution in [3.63, 3.8) is 0 Å². The van der Waals surface area contributed by atoms with Crippen LogP contribution in [0.2, 0.25) is 0 Å². The van der Waals surface area contributed by atoms with Crippen LogP contribution in [0.3, 0.4) is 0 Å². The molecule has 2 rings (SSSR count). The van der Waals surface area contributed by atoms with E-state index in [0.29, 0.717) is 24.3 Å². The van der Waals surface area contributed by atoms with Crippen LogP contribution in [-0.4, -0.2) is 30.2 Å². The van der Waals surface area contributed by atoms with Crippen LogP contribution in [0.1, 0.15) is 19.4 Å². The van der Waals surface area contributed by atoms with Crippen LogP contribution in [0.15, 0.2) is 18.2 Å². The van der Waals surface area contributed by atoms with Gasteiger partial charge in [0.2, 0.25) is 0 Å². The van der Waals surface area contributed by atoms with E-state index < -0.39 is 4.92 Å². The van der Waals surface area contributed by atoms with Crippen LogP contribution in [-0.2, 0) is 4.74 Å². The van der Waals surface area contributed by atoms with Crippen LogP contribution in [0, 0.1) is 21.4 Å². The van der Waals surface area contributed by atoms with Gasteiger partial charge in [-0.05, 0) is 26.0 Å². The molecule has 2 atom stereocenters. The molecule has 0 unspecified atom stereocenters. The maximum Gasteiger partial charge on any atom is 0.293 e. The topological polar surface area (TPSA) is 79.4 Å². The molecule has 0 aromatic heterocycles. The lowest BCUT2D eigenvalue weighted by molar-refractivity contribution is -0.384. The van der Waals surface area contributed by atoms with Crippen LogP contribution in [0.4, 0.5) is 11.4 Å². The minimum absolute atomic E-state index is 0.0268. The zero-order chi connectivity index (χ0) is 14.0. The Kier molecular flexibility index (Phi) is 3.67. The molecule has 1 fully saturated rings. The lowest BCUT2D eigenvalue weighted by Gasteiger charge is -2.36. The summed E-state index contributed by atoms with van der Waals surface area (Å²) in [6.07, 6.45) is 0.0537. The second-order valence-corrected chi connectivity index (χ2v) is 4.73. The van der Waals surface area contributed by atoms with E-state index in [1.807, 2.05) is 24.8 Å². The molecule has 1 aromatic carbocycles. The monoisotopic (exact) mass is 261 g/mol. The fourth-order valence-electron chi connectivity index (χ4n) is 2.38. The summed E-state index contributed by atoms with van der Waals surface area (Å²) in [6, 6.07) is 6.49. The highest BCUT2D eigenvalue weighted by Crippen LogP contribution is 2.31. The summed E-state index contributed by atoms with van der Waals surface area (Å²) in [5, 5.41) is 20.0. The molecule has 6 nitrogen and oxygen atoms in total. The van der Waals surface area contributed by atoms with Gasteiger partial charge in [-0.2, -0.15) is 5.26 Å². The largest absolute Gasteiger partial charge is 0.372 e. The molecule has 0 aliphatic carbocycles. The number of morpholine rings is 1. The molecule has 100 valence electrons. The van der Waals surface area contributed by atoms with E-state index in [-0.39, 0.29) is 17.9 Å². The number of nitro groups is 1. The summed E-state index contributed by atoms with van der Waals surface area (Å²) in [5.41, 5.74) is 0.816. The Bertz CT molecular complexity index is 528. The highest BCUT2D eigenvalue weighted by molar-refractivity contribution is 5.66. The fraction of sp³-hybridized carbons (Fsp3) is 0.462. The van der Waals surface area contributed by atoms with E-state index in [1.165, 1.54) is 6.07 Å². The van der Waals surface area contributed by atoms with E-state index in [1.54, 1.807) is 12.1 Å². The Morgan fingerprint density at radius 1 is 1.42 bits per heavy atom. The number of anilines is 1. The SMILES string of the molecule is C[C@@H]1CN(c2ccc(C#N)cc2[N+](=O)[O-])C[C@H](C)O1. The fourth-order valence-corrected chi connectivity index (χ4v) is 2.38. The molecular formula is C13H15N3O3. The number of benzene rings is 1. The number of nitriles is 1. The third-order valence-electron chi connectivity index (χ3n) is 3.06. The number of hydrogen-bond acceptors (Lipinski definition) is 5. The summed E-state index contributed by atoms with van der Waals surface area (Å²) in [4.78, 5) is 12.6. The lowest BCUT2D eigenvalue weighted by Crippen LogP contribution is -2.45. The standard InChI is InChI=1S/C13H15N3O3/c1-9-7-15(8-10(2)19-9)12-4-3-11(6-14)5-13(12)16(17)18/h3-5,9-10H,7-8H2,1-2H3/t9-,10+. The van der Waals surface area contributed by atoms with Gasteiger partial charge >= 0.3 is 0 Å². The highest BCUT2D eigenvalue weighted by Gasteiger charge is 2.27. The Balaban J connectivity index is 2.38. The summed E-state index contributed by atoms with van der Waals surface area (Å²) >= 11 is 0. The Morgan fingerprint density at radius 3 is 2.58 bits per heavy atom. The molecule has 1 heterocycles. The summed E-state index contributed by atoms with van der Waals surface area (Å²) in [5.74, 6) is 0. The maximum atomic E-state index is 11.1. The first-order valence-corrected chi connectivity index (χ1v) is 6.10. The van der Waals surface area contributed by atoms with Gasteiger partial charge in [0.1, 0.15) is 5.69 Å². The van der Waals surface area contributed by atoms with Crippen molar-refractivity contribution >= 4 is 11.4 Å². The Hall–Kier alpha value is -2.13. The van der Waals surface area contributed by atoms with Gasteiger partial charge in [0.05, 0.1) is 28.8 Å². The smallest absolute Gasteiger partial charge is 0.293 e. The molecule has 6 heteroatoms. The lowest BCUT2D eigenvalue weighted by atomic mass is 10.1. The number of nitrogens with zero attached hydrogens (tertiary/aromatic N) is 3. The van der Waals surface area contributed by atoms with Crippen molar-refractivity contribution < 1.29 is 9.66 Å². The van der Waals surface area contributed by atoms with Gasteiger partial charge in [-0.25, -0.2) is 0 Å². The number of ether oxygens (including phenoxy) is 1. The first-order chi connectivity index (χ1) is 9.01. The number of nitro benzene ring substituents is 1. The summed E-state index contributed by atoms with van der Waals surface area (Å²) in [7, 11) is 0. The van der Waals surface area contributed by atoms with Crippen LogP contribution in [0.5, 0.6) is 0 Å². The number of rotatable bonds is 2. The van der Waals surface area contributed by atoms with E-state index >= 15 is 0 Å². The summed E-state index contributed by atoms with van der Waals surface area (Å²) in [6.45, 7) is 5.10. The molecule has 0 spiro atoms. The van der Waals surface area contributed by atoms with E-state index in [2.05, 4.69) is 0 Å². The van der Waals surface area contributed by atoms with Crippen molar-refractivity contribution in [2.75, 3.05) is 18.0 Å². The highest BCUT2D eigenvalue weighted by atomic mass is 16.6. The molecule has 19 heavy (non-hydrogen) atoms. The van der Waals surface area contributed by atoms with Gasteiger partial charge in [0.25, 0.3) is 5.69 Å². The minimum atomic E-state index is -0.443. The zero-order valence-corrected chi connectivity index (χ0v) is 10.9. The van der Waals surface area contributed by atoms with Crippen molar-refractivity contribution in [3.05, 3.63) is 33.9 Å². The van der Waals surface area contributed by atoms with Crippen molar-refractivity contribution in [1.82, 2.24) is 0 Å². The average molecular weight is 261 g/mol. The third kappa shape index (κ3) is 2.83. The van der Waals surface area contributed by atoms with Crippen LogP contribution < -0.4 is 4.90 Å². The predicted octanol–water partition coefficient (Wildman–Crippen LogP) is 2.08. The van der Waals surface area contributed by atoms with Crippen molar-refractivity contribution in [3.8, 4) is 6.07 Å². The van der Waals surface area contributed by atoms with Gasteiger partial charge in [0.15, 0.2) is 0 Å². The second kappa shape index (κ2) is 5.24. The maximum absolute atomic E-state index is 11.1. The molecule has 0 amide bonds. The van der Waals surface area contributed by atoms with Crippen molar-refractivity contribution in [1.29, 1.82) is 5.26 Å². The summed E-state index contributed by atoms with van der Waals surface area (Å²) < 4.78 is 5.62. The van der Waals surface area contributed by atoms with Gasteiger partial charge in [-0.3, -0.25) is 10.1 Å².